The molecule has 1 N–H and O–H groups in total. The second-order valence-electron chi connectivity index (χ2n) is 4.24. The molecule has 0 saturated heterocycles. The van der Waals surface area contributed by atoms with E-state index in [2.05, 4.69) is 10.1 Å². The van der Waals surface area contributed by atoms with Crippen LogP contribution in [0.3, 0.4) is 0 Å². The SMILES string of the molecule is OCCc1cn2nc(-c3cccc(F)c3)ccc2n1. The fraction of sp³-hybridized carbons (Fsp3) is 0.143. The molecule has 1 aromatic carbocycles. The van der Waals surface area contributed by atoms with Gasteiger partial charge in [-0.3, -0.25) is 0 Å². The zero-order valence-electron chi connectivity index (χ0n) is 10.1. The Bertz CT molecular complexity index is 724. The van der Waals surface area contributed by atoms with Gasteiger partial charge in [-0.25, -0.2) is 13.9 Å². The van der Waals surface area contributed by atoms with Crippen LogP contribution >= 0.6 is 0 Å². The highest BCUT2D eigenvalue weighted by molar-refractivity contribution is 5.60. The zero-order valence-corrected chi connectivity index (χ0v) is 10.1. The molecule has 0 saturated carbocycles. The molecule has 0 bridgehead atoms. The summed E-state index contributed by atoms with van der Waals surface area (Å²) in [7, 11) is 0. The van der Waals surface area contributed by atoms with Gasteiger partial charge >= 0.3 is 0 Å². The van der Waals surface area contributed by atoms with Crippen molar-refractivity contribution in [2.75, 3.05) is 6.61 Å². The van der Waals surface area contributed by atoms with Crippen molar-refractivity contribution in [1.29, 1.82) is 0 Å². The Labute approximate surface area is 109 Å². The Morgan fingerprint density at radius 1 is 1.21 bits per heavy atom. The van der Waals surface area contributed by atoms with Gasteiger partial charge in [0.05, 0.1) is 17.6 Å². The molecule has 3 aromatic rings. The van der Waals surface area contributed by atoms with Gasteiger partial charge in [0.2, 0.25) is 0 Å². The van der Waals surface area contributed by atoms with Crippen molar-refractivity contribution < 1.29 is 9.50 Å². The number of imidazole rings is 1. The second-order valence-corrected chi connectivity index (χ2v) is 4.24. The standard InChI is InChI=1S/C14H12FN3O/c15-11-3-1-2-10(8-11)13-4-5-14-16-12(6-7-19)9-18(14)17-13/h1-5,8-9,19H,6-7H2. The molecule has 5 heteroatoms. The van der Waals surface area contributed by atoms with E-state index in [1.165, 1.54) is 12.1 Å². The van der Waals surface area contributed by atoms with E-state index in [0.29, 0.717) is 17.8 Å². The van der Waals surface area contributed by atoms with Crippen LogP contribution in [0.15, 0.2) is 42.6 Å². The van der Waals surface area contributed by atoms with E-state index < -0.39 is 0 Å². The molecule has 0 amide bonds. The van der Waals surface area contributed by atoms with Crippen molar-refractivity contribution in [3.8, 4) is 11.3 Å². The Morgan fingerprint density at radius 3 is 2.89 bits per heavy atom. The number of aromatic nitrogens is 3. The second kappa shape index (κ2) is 4.78. The van der Waals surface area contributed by atoms with Crippen LogP contribution in [0, 0.1) is 5.82 Å². The fourth-order valence-corrected chi connectivity index (χ4v) is 1.97. The van der Waals surface area contributed by atoms with Gasteiger partial charge in [-0.05, 0) is 24.3 Å². The maximum atomic E-state index is 13.2. The van der Waals surface area contributed by atoms with Gasteiger partial charge < -0.3 is 5.11 Å². The maximum Gasteiger partial charge on any atom is 0.153 e. The molecule has 0 aliphatic rings. The summed E-state index contributed by atoms with van der Waals surface area (Å²) in [5.74, 6) is -0.286. The van der Waals surface area contributed by atoms with E-state index in [0.717, 1.165) is 11.3 Å². The van der Waals surface area contributed by atoms with Crippen molar-refractivity contribution in [3.05, 3.63) is 54.1 Å². The first-order chi connectivity index (χ1) is 9.26. The van der Waals surface area contributed by atoms with Crippen LogP contribution in [0.4, 0.5) is 4.39 Å². The summed E-state index contributed by atoms with van der Waals surface area (Å²) >= 11 is 0. The van der Waals surface area contributed by atoms with Crippen molar-refractivity contribution in [2.45, 2.75) is 6.42 Å². The molecular formula is C14H12FN3O. The minimum absolute atomic E-state index is 0.0562. The molecular weight excluding hydrogens is 245 g/mol. The minimum Gasteiger partial charge on any atom is -0.396 e. The third-order valence-corrected chi connectivity index (χ3v) is 2.86. The summed E-state index contributed by atoms with van der Waals surface area (Å²) in [6, 6.07) is 9.94. The average Bonchev–Trinajstić information content (AvgIpc) is 2.80. The molecule has 0 aliphatic carbocycles. The van der Waals surface area contributed by atoms with Crippen LogP contribution in [-0.2, 0) is 6.42 Å². The smallest absolute Gasteiger partial charge is 0.153 e. The van der Waals surface area contributed by atoms with Crippen LogP contribution in [0.25, 0.3) is 16.9 Å². The molecule has 0 spiro atoms. The molecule has 3 rings (SSSR count). The molecule has 2 aromatic heterocycles. The highest BCUT2D eigenvalue weighted by atomic mass is 19.1. The van der Waals surface area contributed by atoms with Crippen molar-refractivity contribution in [2.24, 2.45) is 0 Å². The van der Waals surface area contributed by atoms with E-state index in [9.17, 15) is 4.39 Å². The normalized spacial score (nSPS) is 11.1. The summed E-state index contributed by atoms with van der Waals surface area (Å²) in [6.45, 7) is 0.0562. The van der Waals surface area contributed by atoms with Crippen LogP contribution < -0.4 is 0 Å². The fourth-order valence-electron chi connectivity index (χ4n) is 1.97. The lowest BCUT2D eigenvalue weighted by Crippen LogP contribution is -1.93. The molecule has 96 valence electrons. The van der Waals surface area contributed by atoms with E-state index in [1.54, 1.807) is 22.8 Å². The van der Waals surface area contributed by atoms with E-state index in [1.807, 2.05) is 12.1 Å². The van der Waals surface area contributed by atoms with Crippen molar-refractivity contribution in [3.63, 3.8) is 0 Å². The van der Waals surface area contributed by atoms with Gasteiger partial charge in [-0.2, -0.15) is 5.10 Å². The molecule has 2 heterocycles. The summed E-state index contributed by atoms with van der Waals surface area (Å²) in [5.41, 5.74) is 2.90. The topological polar surface area (TPSA) is 50.4 Å². The lowest BCUT2D eigenvalue weighted by atomic mass is 10.1. The van der Waals surface area contributed by atoms with Crippen LogP contribution in [0.1, 0.15) is 5.69 Å². The minimum atomic E-state index is -0.286. The largest absolute Gasteiger partial charge is 0.396 e. The monoisotopic (exact) mass is 257 g/mol. The number of aliphatic hydroxyl groups excluding tert-OH is 1. The van der Waals surface area contributed by atoms with Gasteiger partial charge in [-0.15, -0.1) is 0 Å². The molecule has 0 aliphatic heterocycles. The number of rotatable bonds is 3. The number of nitrogens with zero attached hydrogens (tertiary/aromatic N) is 3. The van der Waals surface area contributed by atoms with Crippen molar-refractivity contribution >= 4 is 5.65 Å². The summed E-state index contributed by atoms with van der Waals surface area (Å²) < 4.78 is 14.8. The highest BCUT2D eigenvalue weighted by Crippen LogP contribution is 2.18. The quantitative estimate of drug-likeness (QED) is 0.781. The first kappa shape index (κ1) is 11.8. The highest BCUT2D eigenvalue weighted by Gasteiger charge is 2.05. The molecule has 0 fully saturated rings. The van der Waals surface area contributed by atoms with Gasteiger partial charge in [-0.1, -0.05) is 12.1 Å². The van der Waals surface area contributed by atoms with Gasteiger partial charge in [0.15, 0.2) is 5.65 Å². The first-order valence-electron chi connectivity index (χ1n) is 5.98. The van der Waals surface area contributed by atoms with Crippen LogP contribution in [0.5, 0.6) is 0 Å². The lowest BCUT2D eigenvalue weighted by molar-refractivity contribution is 0.298. The molecule has 19 heavy (non-hydrogen) atoms. The first-order valence-corrected chi connectivity index (χ1v) is 5.98. The van der Waals surface area contributed by atoms with Gasteiger partial charge in [0.25, 0.3) is 0 Å². The summed E-state index contributed by atoms with van der Waals surface area (Å²) in [6.07, 6.45) is 2.27. The van der Waals surface area contributed by atoms with E-state index in [4.69, 9.17) is 5.11 Å². The molecule has 4 nitrogen and oxygen atoms in total. The van der Waals surface area contributed by atoms with Crippen LogP contribution in [-0.4, -0.2) is 26.3 Å². The predicted octanol–water partition coefficient (Wildman–Crippen LogP) is 2.07. The third-order valence-electron chi connectivity index (χ3n) is 2.86. The Kier molecular flexibility index (Phi) is 2.97. The zero-order chi connectivity index (χ0) is 13.2. The Hall–Kier alpha value is -2.27. The molecule has 0 radical (unpaired) electrons. The predicted molar refractivity (Wildman–Crippen MR) is 69.2 cm³/mol. The Morgan fingerprint density at radius 2 is 2.11 bits per heavy atom. The summed E-state index contributed by atoms with van der Waals surface area (Å²) in [4.78, 5) is 4.32. The average molecular weight is 257 g/mol. The number of hydrogen-bond acceptors (Lipinski definition) is 3. The maximum absolute atomic E-state index is 13.2. The Balaban J connectivity index is 2.05. The van der Waals surface area contributed by atoms with Gasteiger partial charge in [0, 0.05) is 18.6 Å². The number of aliphatic hydroxyl groups is 1. The number of halogens is 1. The van der Waals surface area contributed by atoms with Crippen LogP contribution in [0.2, 0.25) is 0 Å². The lowest BCUT2D eigenvalue weighted by Gasteiger charge is -2.01. The third kappa shape index (κ3) is 2.32. The molecule has 0 atom stereocenters. The van der Waals surface area contributed by atoms with Crippen molar-refractivity contribution in [1.82, 2.24) is 14.6 Å². The molecule has 0 unspecified atom stereocenters. The van der Waals surface area contributed by atoms with Gasteiger partial charge in [0.1, 0.15) is 5.82 Å². The van der Waals surface area contributed by atoms with E-state index >= 15 is 0 Å². The number of fused-ring (bicyclic) bond motifs is 1. The number of hydrogen-bond donors (Lipinski definition) is 1. The number of benzene rings is 1. The van der Waals surface area contributed by atoms with E-state index in [-0.39, 0.29) is 12.4 Å². The summed E-state index contributed by atoms with van der Waals surface area (Å²) in [5, 5.41) is 13.3.